The summed E-state index contributed by atoms with van der Waals surface area (Å²) < 4.78 is 6.46. The first-order valence-electron chi connectivity index (χ1n) is 15.8. The van der Waals surface area contributed by atoms with Gasteiger partial charge in [-0.05, 0) is 93.8 Å². The molecule has 1 atom stereocenters. The first-order valence-corrected chi connectivity index (χ1v) is 15.8. The first-order chi connectivity index (χ1) is 21.1. The average molecular weight is 578 g/mol. The molecule has 1 aliphatic carbocycles. The van der Waals surface area contributed by atoms with Gasteiger partial charge in [-0.2, -0.15) is 15.2 Å². The molecule has 0 spiro atoms. The van der Waals surface area contributed by atoms with Crippen molar-refractivity contribution >= 4 is 22.8 Å². The van der Waals surface area contributed by atoms with Gasteiger partial charge < -0.3 is 14.5 Å². The van der Waals surface area contributed by atoms with Crippen LogP contribution in [0.5, 0.6) is 6.01 Å². The second-order valence-corrected chi connectivity index (χ2v) is 12.5. The lowest BCUT2D eigenvalue weighted by atomic mass is 9.87. The van der Waals surface area contributed by atoms with E-state index in [-0.39, 0.29) is 23.9 Å². The Morgan fingerprint density at radius 2 is 1.88 bits per heavy atom. The van der Waals surface area contributed by atoms with E-state index in [9.17, 15) is 10.1 Å². The standard InChI is InChI=1S/C34H39N7O2/c1-2-30(42)41-21-20-39(22-25(41)14-17-35)32-28-12-13-29(27-11-5-9-24-8-3-4-10-26(24)27)36-31(28)37-33(38-32)43-23-34-15-6-18-40(34)19-7-16-34/h2,5,9,11-13,25H,1,3-4,6-8,10,14-16,18-23H2/t25-/m0/s1. The number of pyridine rings is 1. The number of anilines is 1. The normalized spacial score (nSPS) is 21.3. The van der Waals surface area contributed by atoms with Crippen LogP contribution >= 0.6 is 0 Å². The summed E-state index contributed by atoms with van der Waals surface area (Å²) in [7, 11) is 0. The Hall–Kier alpha value is -4.03. The van der Waals surface area contributed by atoms with Crippen molar-refractivity contribution < 1.29 is 9.53 Å². The van der Waals surface area contributed by atoms with E-state index in [1.807, 2.05) is 0 Å². The van der Waals surface area contributed by atoms with Crippen molar-refractivity contribution in [2.75, 3.05) is 44.2 Å². The Morgan fingerprint density at radius 3 is 2.70 bits per heavy atom. The third-order valence-corrected chi connectivity index (χ3v) is 10.0. The summed E-state index contributed by atoms with van der Waals surface area (Å²) in [5.74, 6) is 0.598. The molecule has 1 aromatic carbocycles. The Morgan fingerprint density at radius 1 is 1.05 bits per heavy atom. The lowest BCUT2D eigenvalue weighted by Crippen LogP contribution is -2.55. The van der Waals surface area contributed by atoms with Crippen LogP contribution in [0, 0.1) is 11.3 Å². The molecule has 0 radical (unpaired) electrons. The number of nitriles is 1. The monoisotopic (exact) mass is 577 g/mol. The zero-order chi connectivity index (χ0) is 29.4. The van der Waals surface area contributed by atoms with Gasteiger partial charge in [-0.1, -0.05) is 24.8 Å². The highest BCUT2D eigenvalue weighted by molar-refractivity contribution is 5.90. The van der Waals surface area contributed by atoms with E-state index in [0.29, 0.717) is 37.9 Å². The number of rotatable bonds is 7. The van der Waals surface area contributed by atoms with Gasteiger partial charge in [-0.25, -0.2) is 4.98 Å². The molecule has 4 aliphatic rings. The van der Waals surface area contributed by atoms with Crippen LogP contribution in [0.15, 0.2) is 43.0 Å². The molecule has 0 unspecified atom stereocenters. The van der Waals surface area contributed by atoms with Crippen LogP contribution in [-0.2, 0) is 17.6 Å². The number of aromatic nitrogens is 3. The highest BCUT2D eigenvalue weighted by Gasteiger charge is 2.45. The predicted molar refractivity (Wildman–Crippen MR) is 166 cm³/mol. The molecule has 1 amide bonds. The third kappa shape index (κ3) is 5.12. The van der Waals surface area contributed by atoms with Gasteiger partial charge in [0.2, 0.25) is 5.91 Å². The fraction of sp³-hybridized carbons (Fsp3) is 0.500. The summed E-state index contributed by atoms with van der Waals surface area (Å²) >= 11 is 0. The number of ether oxygens (including phenoxy) is 1. The number of carbonyl (C=O) groups excluding carboxylic acids is 1. The van der Waals surface area contributed by atoms with Gasteiger partial charge in [0.05, 0.1) is 35.2 Å². The molecule has 2 aromatic heterocycles. The van der Waals surface area contributed by atoms with Crippen molar-refractivity contribution in [3.05, 3.63) is 54.1 Å². The van der Waals surface area contributed by atoms with Crippen molar-refractivity contribution in [2.45, 2.75) is 69.4 Å². The van der Waals surface area contributed by atoms with Gasteiger partial charge >= 0.3 is 6.01 Å². The zero-order valence-corrected chi connectivity index (χ0v) is 24.8. The molecule has 0 saturated carbocycles. The lowest BCUT2D eigenvalue weighted by Gasteiger charge is -2.41. The molecule has 3 saturated heterocycles. The summed E-state index contributed by atoms with van der Waals surface area (Å²) in [6, 6.07) is 13.1. The minimum Gasteiger partial charge on any atom is -0.461 e. The summed E-state index contributed by atoms with van der Waals surface area (Å²) in [5.41, 5.74) is 5.60. The fourth-order valence-corrected chi connectivity index (χ4v) is 7.85. The van der Waals surface area contributed by atoms with Crippen LogP contribution < -0.4 is 9.64 Å². The van der Waals surface area contributed by atoms with Crippen LogP contribution in [0.4, 0.5) is 5.82 Å². The molecule has 7 rings (SSSR count). The minimum absolute atomic E-state index is 0.0748. The fourth-order valence-electron chi connectivity index (χ4n) is 7.85. The van der Waals surface area contributed by atoms with Gasteiger partial charge in [0.15, 0.2) is 5.65 Å². The number of hydrogen-bond donors (Lipinski definition) is 0. The number of piperazine rings is 1. The summed E-state index contributed by atoms with van der Waals surface area (Å²) in [6.07, 6.45) is 10.9. The van der Waals surface area contributed by atoms with Crippen molar-refractivity contribution in [3.63, 3.8) is 0 Å². The summed E-state index contributed by atoms with van der Waals surface area (Å²) in [5, 5.41) is 10.4. The molecule has 0 N–H and O–H groups in total. The zero-order valence-electron chi connectivity index (χ0n) is 24.8. The smallest absolute Gasteiger partial charge is 0.320 e. The average Bonchev–Trinajstić information content (AvgIpc) is 3.63. The molecule has 3 aliphatic heterocycles. The van der Waals surface area contributed by atoms with Gasteiger partial charge in [0, 0.05) is 25.2 Å². The topological polar surface area (TPSA) is 98.5 Å². The number of nitrogens with zero attached hydrogens (tertiary/aromatic N) is 7. The highest BCUT2D eigenvalue weighted by atomic mass is 16.5. The van der Waals surface area contributed by atoms with E-state index in [2.05, 4.69) is 52.8 Å². The van der Waals surface area contributed by atoms with E-state index in [0.717, 1.165) is 55.7 Å². The number of amides is 1. The maximum absolute atomic E-state index is 12.6. The SMILES string of the molecule is C=CC(=O)N1CCN(c2nc(OCC34CCCN3CCC4)nc3nc(-c4cccc5c4CCCC5)ccc23)C[C@@H]1CC#N. The maximum Gasteiger partial charge on any atom is 0.320 e. The van der Waals surface area contributed by atoms with Crippen LogP contribution in [0.3, 0.4) is 0 Å². The Balaban J connectivity index is 1.27. The molecule has 3 aromatic rings. The van der Waals surface area contributed by atoms with Gasteiger partial charge in [-0.3, -0.25) is 9.69 Å². The number of hydrogen-bond acceptors (Lipinski definition) is 8. The molecule has 9 heteroatoms. The molecule has 43 heavy (non-hydrogen) atoms. The van der Waals surface area contributed by atoms with Crippen molar-refractivity contribution in [2.24, 2.45) is 0 Å². The second-order valence-electron chi connectivity index (χ2n) is 12.5. The van der Waals surface area contributed by atoms with E-state index in [1.165, 1.54) is 48.4 Å². The largest absolute Gasteiger partial charge is 0.461 e. The number of benzene rings is 1. The van der Waals surface area contributed by atoms with Crippen LogP contribution in [0.2, 0.25) is 0 Å². The van der Waals surface area contributed by atoms with Crippen molar-refractivity contribution in [1.29, 1.82) is 5.26 Å². The van der Waals surface area contributed by atoms with Crippen molar-refractivity contribution in [1.82, 2.24) is 24.8 Å². The first kappa shape index (κ1) is 27.8. The molecular weight excluding hydrogens is 538 g/mol. The van der Waals surface area contributed by atoms with Crippen molar-refractivity contribution in [3.8, 4) is 23.3 Å². The van der Waals surface area contributed by atoms with Crippen LogP contribution in [0.1, 0.15) is 56.1 Å². The Kier molecular flexibility index (Phi) is 7.48. The summed E-state index contributed by atoms with van der Waals surface area (Å²) in [6.45, 7) is 8.05. The van der Waals surface area contributed by atoms with Crippen LogP contribution in [-0.4, -0.2) is 81.6 Å². The van der Waals surface area contributed by atoms with E-state index >= 15 is 0 Å². The van der Waals surface area contributed by atoms with Crippen LogP contribution in [0.25, 0.3) is 22.3 Å². The molecule has 222 valence electrons. The van der Waals surface area contributed by atoms with Gasteiger partial charge in [-0.15, -0.1) is 0 Å². The summed E-state index contributed by atoms with van der Waals surface area (Å²) in [4.78, 5) is 34.0. The number of fused-ring (bicyclic) bond motifs is 3. The minimum atomic E-state index is -0.258. The lowest BCUT2D eigenvalue weighted by molar-refractivity contribution is -0.128. The van der Waals surface area contributed by atoms with E-state index in [1.54, 1.807) is 4.90 Å². The van der Waals surface area contributed by atoms with Gasteiger partial charge in [0.1, 0.15) is 12.4 Å². The number of aryl methyl sites for hydroxylation is 1. The predicted octanol–water partition coefficient (Wildman–Crippen LogP) is 4.69. The number of carbonyl (C=O) groups is 1. The van der Waals surface area contributed by atoms with Gasteiger partial charge in [0.25, 0.3) is 0 Å². The van der Waals surface area contributed by atoms with E-state index < -0.39 is 0 Å². The Labute approximate surface area is 253 Å². The third-order valence-electron chi connectivity index (χ3n) is 10.0. The maximum atomic E-state index is 12.6. The Bertz CT molecular complexity index is 1590. The van der Waals surface area contributed by atoms with E-state index in [4.69, 9.17) is 19.7 Å². The molecule has 5 heterocycles. The highest BCUT2D eigenvalue weighted by Crippen LogP contribution is 2.39. The molecular formula is C34H39N7O2. The second kappa shape index (κ2) is 11.6. The molecule has 0 bridgehead atoms. The molecule has 9 nitrogen and oxygen atoms in total. The molecule has 3 fully saturated rings. The quantitative estimate of drug-likeness (QED) is 0.373.